The van der Waals surface area contributed by atoms with E-state index in [1.54, 1.807) is 38.4 Å². The quantitative estimate of drug-likeness (QED) is 0.527. The standard InChI is InChI=1S/C26H24N2O4/c1-17-5-10-20(11-6-17)28-25(19-8-12-21(30-2)13-9-19)27-22(26(28)29)15-18-7-14-23(31-3)24(16-18)32-4/h5-16H,1-4H3/b22-15+. The van der Waals surface area contributed by atoms with Gasteiger partial charge in [0.05, 0.1) is 27.0 Å². The summed E-state index contributed by atoms with van der Waals surface area (Å²) >= 11 is 0. The second-order valence-corrected chi connectivity index (χ2v) is 7.28. The fourth-order valence-electron chi connectivity index (χ4n) is 3.48. The van der Waals surface area contributed by atoms with Crippen LogP contribution in [0.1, 0.15) is 16.7 Å². The van der Waals surface area contributed by atoms with E-state index in [1.807, 2.05) is 67.6 Å². The highest BCUT2D eigenvalue weighted by atomic mass is 16.5. The number of ether oxygens (including phenoxy) is 3. The van der Waals surface area contributed by atoms with Crippen molar-refractivity contribution < 1.29 is 19.0 Å². The van der Waals surface area contributed by atoms with Gasteiger partial charge in [-0.2, -0.15) is 0 Å². The Morgan fingerprint density at radius 2 is 1.50 bits per heavy atom. The number of methoxy groups -OCH3 is 3. The molecule has 1 aliphatic heterocycles. The van der Waals surface area contributed by atoms with Crippen molar-refractivity contribution in [3.8, 4) is 17.2 Å². The van der Waals surface area contributed by atoms with Crippen molar-refractivity contribution in [1.82, 2.24) is 0 Å². The summed E-state index contributed by atoms with van der Waals surface area (Å²) in [4.78, 5) is 19.8. The number of benzene rings is 3. The maximum absolute atomic E-state index is 13.4. The zero-order valence-corrected chi connectivity index (χ0v) is 18.5. The average Bonchev–Trinajstić information content (AvgIpc) is 3.15. The average molecular weight is 428 g/mol. The van der Waals surface area contributed by atoms with Gasteiger partial charge in [-0.3, -0.25) is 9.69 Å². The van der Waals surface area contributed by atoms with E-state index >= 15 is 0 Å². The highest BCUT2D eigenvalue weighted by Crippen LogP contribution is 2.31. The minimum Gasteiger partial charge on any atom is -0.497 e. The highest BCUT2D eigenvalue weighted by molar-refractivity contribution is 6.33. The Balaban J connectivity index is 1.79. The topological polar surface area (TPSA) is 60.4 Å². The number of hydrogen-bond donors (Lipinski definition) is 0. The Morgan fingerprint density at radius 1 is 0.812 bits per heavy atom. The van der Waals surface area contributed by atoms with Crippen LogP contribution >= 0.6 is 0 Å². The molecule has 0 radical (unpaired) electrons. The molecule has 162 valence electrons. The normalized spacial score (nSPS) is 14.5. The number of carbonyl (C=O) groups is 1. The van der Waals surface area contributed by atoms with Gasteiger partial charge in [-0.15, -0.1) is 0 Å². The summed E-state index contributed by atoms with van der Waals surface area (Å²) in [6.07, 6.45) is 1.75. The summed E-state index contributed by atoms with van der Waals surface area (Å²) in [5.74, 6) is 2.31. The van der Waals surface area contributed by atoms with E-state index in [4.69, 9.17) is 19.2 Å². The van der Waals surface area contributed by atoms with Crippen LogP contribution < -0.4 is 19.1 Å². The van der Waals surface area contributed by atoms with Gasteiger partial charge in [0.2, 0.25) is 0 Å². The molecule has 1 aliphatic rings. The van der Waals surface area contributed by atoms with Gasteiger partial charge in [0.15, 0.2) is 11.5 Å². The Hall–Kier alpha value is -4.06. The Kier molecular flexibility index (Phi) is 5.94. The van der Waals surface area contributed by atoms with Gasteiger partial charge in [-0.25, -0.2) is 4.99 Å². The van der Waals surface area contributed by atoms with Crippen LogP contribution in [0.15, 0.2) is 77.4 Å². The summed E-state index contributed by atoms with van der Waals surface area (Å²) in [6.45, 7) is 2.01. The number of anilines is 1. The van der Waals surface area contributed by atoms with Gasteiger partial charge in [0.1, 0.15) is 17.3 Å². The number of rotatable bonds is 6. The van der Waals surface area contributed by atoms with Crippen molar-refractivity contribution in [3.63, 3.8) is 0 Å². The number of amides is 1. The van der Waals surface area contributed by atoms with E-state index < -0.39 is 0 Å². The molecule has 1 amide bonds. The molecule has 0 aliphatic carbocycles. The van der Waals surface area contributed by atoms with Crippen molar-refractivity contribution in [1.29, 1.82) is 0 Å². The molecule has 0 spiro atoms. The first kappa shape index (κ1) is 21.2. The van der Waals surface area contributed by atoms with Crippen LogP contribution in [-0.4, -0.2) is 33.1 Å². The molecule has 32 heavy (non-hydrogen) atoms. The summed E-state index contributed by atoms with van der Waals surface area (Å²) in [7, 11) is 4.78. The Bertz CT molecular complexity index is 1200. The van der Waals surface area contributed by atoms with Gasteiger partial charge in [0, 0.05) is 5.56 Å². The van der Waals surface area contributed by atoms with Crippen LogP contribution in [-0.2, 0) is 4.79 Å². The molecule has 0 saturated heterocycles. The van der Waals surface area contributed by atoms with E-state index in [1.165, 1.54) is 0 Å². The van der Waals surface area contributed by atoms with Gasteiger partial charge in [-0.05, 0) is 67.1 Å². The van der Waals surface area contributed by atoms with Crippen LogP contribution in [0.25, 0.3) is 6.08 Å². The van der Waals surface area contributed by atoms with Gasteiger partial charge in [-0.1, -0.05) is 23.8 Å². The molecule has 3 aromatic carbocycles. The van der Waals surface area contributed by atoms with Gasteiger partial charge in [0.25, 0.3) is 5.91 Å². The first-order chi connectivity index (χ1) is 15.5. The first-order valence-electron chi connectivity index (χ1n) is 10.1. The van der Waals surface area contributed by atoms with E-state index in [0.717, 1.165) is 28.1 Å². The lowest BCUT2D eigenvalue weighted by molar-refractivity contribution is -0.113. The van der Waals surface area contributed by atoms with Crippen molar-refractivity contribution in [2.45, 2.75) is 6.92 Å². The van der Waals surface area contributed by atoms with E-state index in [2.05, 4.69) is 0 Å². The number of amidine groups is 1. The molecule has 0 atom stereocenters. The molecule has 4 rings (SSSR count). The molecule has 0 N–H and O–H groups in total. The predicted octanol–water partition coefficient (Wildman–Crippen LogP) is 4.86. The van der Waals surface area contributed by atoms with Crippen LogP contribution in [0.2, 0.25) is 0 Å². The second kappa shape index (κ2) is 8.98. The molecule has 6 nitrogen and oxygen atoms in total. The lowest BCUT2D eigenvalue weighted by atomic mass is 10.1. The fraction of sp³-hybridized carbons (Fsp3) is 0.154. The van der Waals surface area contributed by atoms with Crippen molar-refractivity contribution >= 4 is 23.5 Å². The van der Waals surface area contributed by atoms with E-state index in [-0.39, 0.29) is 5.91 Å². The molecular weight excluding hydrogens is 404 g/mol. The van der Waals surface area contributed by atoms with Crippen molar-refractivity contribution in [3.05, 3.63) is 89.1 Å². The molecule has 0 fully saturated rings. The monoisotopic (exact) mass is 428 g/mol. The molecule has 0 saturated carbocycles. The summed E-state index contributed by atoms with van der Waals surface area (Å²) in [5.41, 5.74) is 3.81. The molecule has 0 unspecified atom stereocenters. The molecule has 6 heteroatoms. The molecular formula is C26H24N2O4. The summed E-state index contributed by atoms with van der Waals surface area (Å²) < 4.78 is 16.0. The lowest BCUT2D eigenvalue weighted by Gasteiger charge is -2.19. The van der Waals surface area contributed by atoms with Gasteiger partial charge < -0.3 is 14.2 Å². The Morgan fingerprint density at radius 3 is 2.12 bits per heavy atom. The highest BCUT2D eigenvalue weighted by Gasteiger charge is 2.32. The number of aliphatic imine (C=N–C) groups is 1. The maximum atomic E-state index is 13.4. The third-order valence-electron chi connectivity index (χ3n) is 5.21. The minimum atomic E-state index is -0.200. The second-order valence-electron chi connectivity index (χ2n) is 7.28. The zero-order valence-electron chi connectivity index (χ0n) is 18.5. The van der Waals surface area contributed by atoms with E-state index in [9.17, 15) is 4.79 Å². The van der Waals surface area contributed by atoms with Crippen LogP contribution in [0.3, 0.4) is 0 Å². The first-order valence-corrected chi connectivity index (χ1v) is 10.1. The van der Waals surface area contributed by atoms with Crippen LogP contribution in [0.4, 0.5) is 5.69 Å². The number of hydrogen-bond acceptors (Lipinski definition) is 5. The van der Waals surface area contributed by atoms with Gasteiger partial charge >= 0.3 is 0 Å². The smallest absolute Gasteiger partial charge is 0.282 e. The Labute approximate surface area is 187 Å². The number of carbonyl (C=O) groups excluding carboxylic acids is 1. The fourth-order valence-corrected chi connectivity index (χ4v) is 3.48. The predicted molar refractivity (Wildman–Crippen MR) is 126 cm³/mol. The summed E-state index contributed by atoms with van der Waals surface area (Å²) in [5, 5.41) is 0. The van der Waals surface area contributed by atoms with Crippen LogP contribution in [0.5, 0.6) is 17.2 Å². The van der Waals surface area contributed by atoms with Crippen LogP contribution in [0, 0.1) is 6.92 Å². The zero-order chi connectivity index (χ0) is 22.7. The van der Waals surface area contributed by atoms with Crippen molar-refractivity contribution in [2.75, 3.05) is 26.2 Å². The van der Waals surface area contributed by atoms with E-state index in [0.29, 0.717) is 23.0 Å². The lowest BCUT2D eigenvalue weighted by Crippen LogP contribution is -2.32. The third kappa shape index (κ3) is 4.07. The molecule has 0 aromatic heterocycles. The third-order valence-corrected chi connectivity index (χ3v) is 5.21. The largest absolute Gasteiger partial charge is 0.497 e. The molecule has 0 bridgehead atoms. The molecule has 1 heterocycles. The molecule has 3 aromatic rings. The minimum absolute atomic E-state index is 0.200. The number of nitrogens with zero attached hydrogens (tertiary/aromatic N) is 2. The number of aryl methyl sites for hydroxylation is 1. The summed E-state index contributed by atoms with van der Waals surface area (Å²) in [6, 6.07) is 20.8. The van der Waals surface area contributed by atoms with Crippen molar-refractivity contribution in [2.24, 2.45) is 4.99 Å². The SMILES string of the molecule is COc1ccc(C2=N/C(=C/c3ccc(OC)c(OC)c3)C(=O)N2c2ccc(C)cc2)cc1. The maximum Gasteiger partial charge on any atom is 0.282 e.